The van der Waals surface area contributed by atoms with Gasteiger partial charge in [0.2, 0.25) is 11.1 Å². The molecular weight excluding hydrogens is 354 g/mol. The normalized spacial score (nSPS) is 10.8. The second-order valence-corrected chi connectivity index (χ2v) is 5.82. The Hall–Kier alpha value is -2.82. The van der Waals surface area contributed by atoms with Crippen molar-refractivity contribution >= 4 is 17.7 Å². The van der Waals surface area contributed by atoms with Crippen LogP contribution in [-0.4, -0.2) is 37.0 Å². The standard InChI is InChI=1S/C14H12F2N6O2S/c1-7-18-14(21-20-7)25-6-11(23)17-5-10-19-13(24-22-10)12-8(15)3-2-4-9(12)16/h2-4H,5-6H2,1H3,(H,17,23)(H,18,20,21). The fraction of sp³-hybridized carbons (Fsp3) is 0.214. The average molecular weight is 366 g/mol. The number of amides is 1. The molecule has 0 spiro atoms. The fourth-order valence-electron chi connectivity index (χ4n) is 1.87. The number of H-pyrrole nitrogens is 1. The molecule has 2 N–H and O–H groups in total. The predicted octanol–water partition coefficient (Wildman–Crippen LogP) is 1.85. The molecule has 0 fully saturated rings. The van der Waals surface area contributed by atoms with Gasteiger partial charge in [-0.25, -0.2) is 13.8 Å². The molecule has 130 valence electrons. The summed E-state index contributed by atoms with van der Waals surface area (Å²) < 4.78 is 32.2. The van der Waals surface area contributed by atoms with Crippen molar-refractivity contribution in [3.63, 3.8) is 0 Å². The molecule has 3 aromatic rings. The van der Waals surface area contributed by atoms with Gasteiger partial charge in [0, 0.05) is 0 Å². The molecule has 0 saturated heterocycles. The minimum atomic E-state index is -0.808. The maximum absolute atomic E-state index is 13.7. The molecule has 2 aromatic heterocycles. The summed E-state index contributed by atoms with van der Waals surface area (Å²) in [4.78, 5) is 19.7. The molecule has 0 saturated carbocycles. The summed E-state index contributed by atoms with van der Waals surface area (Å²) in [6.45, 7) is 1.72. The molecule has 25 heavy (non-hydrogen) atoms. The van der Waals surface area contributed by atoms with Crippen molar-refractivity contribution in [2.45, 2.75) is 18.6 Å². The zero-order valence-electron chi connectivity index (χ0n) is 12.9. The molecule has 8 nitrogen and oxygen atoms in total. The van der Waals surface area contributed by atoms with Crippen LogP contribution in [0.1, 0.15) is 11.6 Å². The number of aryl methyl sites for hydroxylation is 1. The number of thioether (sulfide) groups is 1. The number of carbonyl (C=O) groups is 1. The zero-order valence-corrected chi connectivity index (χ0v) is 13.7. The lowest BCUT2D eigenvalue weighted by Crippen LogP contribution is -2.25. The van der Waals surface area contributed by atoms with Gasteiger partial charge < -0.3 is 9.84 Å². The van der Waals surface area contributed by atoms with Crippen LogP contribution < -0.4 is 5.32 Å². The number of benzene rings is 1. The van der Waals surface area contributed by atoms with E-state index in [1.807, 2.05) is 0 Å². The van der Waals surface area contributed by atoms with Gasteiger partial charge in [0.25, 0.3) is 5.89 Å². The van der Waals surface area contributed by atoms with Crippen LogP contribution in [0.2, 0.25) is 0 Å². The molecule has 0 unspecified atom stereocenters. The van der Waals surface area contributed by atoms with E-state index in [9.17, 15) is 13.6 Å². The monoisotopic (exact) mass is 366 g/mol. The van der Waals surface area contributed by atoms with Crippen molar-refractivity contribution in [3.8, 4) is 11.5 Å². The summed E-state index contributed by atoms with van der Waals surface area (Å²) in [5.74, 6) is -1.34. The van der Waals surface area contributed by atoms with E-state index in [-0.39, 0.29) is 29.9 Å². The van der Waals surface area contributed by atoms with E-state index in [0.717, 1.165) is 23.9 Å². The van der Waals surface area contributed by atoms with Crippen LogP contribution in [-0.2, 0) is 11.3 Å². The van der Waals surface area contributed by atoms with Gasteiger partial charge in [0.05, 0.1) is 12.3 Å². The highest BCUT2D eigenvalue weighted by Gasteiger charge is 2.18. The van der Waals surface area contributed by atoms with Gasteiger partial charge in [-0.1, -0.05) is 23.0 Å². The van der Waals surface area contributed by atoms with E-state index in [2.05, 4.69) is 30.6 Å². The van der Waals surface area contributed by atoms with Crippen LogP contribution in [0.5, 0.6) is 0 Å². The van der Waals surface area contributed by atoms with Crippen molar-refractivity contribution in [2.24, 2.45) is 0 Å². The summed E-state index contributed by atoms with van der Waals surface area (Å²) in [6, 6.07) is 3.41. The van der Waals surface area contributed by atoms with Crippen molar-refractivity contribution in [1.29, 1.82) is 0 Å². The molecule has 2 heterocycles. The van der Waals surface area contributed by atoms with Crippen LogP contribution in [0.15, 0.2) is 27.9 Å². The first-order chi connectivity index (χ1) is 12.0. The first-order valence-electron chi connectivity index (χ1n) is 7.08. The highest BCUT2D eigenvalue weighted by Crippen LogP contribution is 2.24. The third-order valence-electron chi connectivity index (χ3n) is 3.00. The largest absolute Gasteiger partial charge is 0.348 e. The quantitative estimate of drug-likeness (QED) is 0.641. The fourth-order valence-corrected chi connectivity index (χ4v) is 2.55. The van der Waals surface area contributed by atoms with Crippen molar-refractivity contribution < 1.29 is 18.1 Å². The predicted molar refractivity (Wildman–Crippen MR) is 83.3 cm³/mol. The van der Waals surface area contributed by atoms with Crippen LogP contribution in [0.3, 0.4) is 0 Å². The molecule has 0 radical (unpaired) electrons. The summed E-state index contributed by atoms with van der Waals surface area (Å²) in [7, 11) is 0. The van der Waals surface area contributed by atoms with Gasteiger partial charge >= 0.3 is 0 Å². The zero-order chi connectivity index (χ0) is 17.8. The number of halogens is 2. The molecule has 1 aromatic carbocycles. The van der Waals surface area contributed by atoms with E-state index in [1.165, 1.54) is 6.07 Å². The molecule has 1 amide bonds. The highest BCUT2D eigenvalue weighted by molar-refractivity contribution is 7.99. The minimum absolute atomic E-state index is 0.0357. The number of nitrogens with zero attached hydrogens (tertiary/aromatic N) is 4. The molecule has 0 bridgehead atoms. The number of aromatic nitrogens is 5. The van der Waals surface area contributed by atoms with Crippen molar-refractivity contribution in [1.82, 2.24) is 30.6 Å². The van der Waals surface area contributed by atoms with Gasteiger partial charge in [-0.2, -0.15) is 4.98 Å². The van der Waals surface area contributed by atoms with Crippen LogP contribution >= 0.6 is 11.8 Å². The van der Waals surface area contributed by atoms with Gasteiger partial charge in [-0.15, -0.1) is 5.10 Å². The average Bonchev–Trinajstić information content (AvgIpc) is 3.20. The molecule has 0 aliphatic rings. The third-order valence-corrected chi connectivity index (χ3v) is 3.84. The second kappa shape index (κ2) is 7.38. The molecule has 0 atom stereocenters. The van der Waals surface area contributed by atoms with E-state index in [1.54, 1.807) is 6.92 Å². The first kappa shape index (κ1) is 17.0. The van der Waals surface area contributed by atoms with Gasteiger partial charge in [0.15, 0.2) is 5.82 Å². The number of rotatable bonds is 6. The number of hydrogen-bond donors (Lipinski definition) is 2. The van der Waals surface area contributed by atoms with E-state index in [0.29, 0.717) is 11.0 Å². The van der Waals surface area contributed by atoms with Gasteiger partial charge in [0.1, 0.15) is 23.0 Å². The summed E-state index contributed by atoms with van der Waals surface area (Å²) >= 11 is 1.16. The Bertz CT molecular complexity index is 877. The Morgan fingerprint density at radius 1 is 1.32 bits per heavy atom. The number of hydrogen-bond acceptors (Lipinski definition) is 7. The molecule has 3 rings (SSSR count). The van der Waals surface area contributed by atoms with E-state index in [4.69, 9.17) is 4.52 Å². The van der Waals surface area contributed by atoms with Crippen LogP contribution in [0, 0.1) is 18.6 Å². The molecular formula is C14H12F2N6O2S. The first-order valence-corrected chi connectivity index (χ1v) is 8.07. The number of aromatic amines is 1. The molecule has 0 aliphatic heterocycles. The van der Waals surface area contributed by atoms with Crippen LogP contribution in [0.4, 0.5) is 8.78 Å². The summed E-state index contributed by atoms with van der Waals surface area (Å²) in [5.41, 5.74) is -0.400. The SMILES string of the molecule is Cc1nc(SCC(=O)NCc2noc(-c3c(F)cccc3F)n2)n[nH]1. The van der Waals surface area contributed by atoms with Crippen molar-refractivity contribution in [2.75, 3.05) is 5.75 Å². The van der Waals surface area contributed by atoms with Gasteiger partial charge in [-0.3, -0.25) is 9.89 Å². The highest BCUT2D eigenvalue weighted by atomic mass is 32.2. The summed E-state index contributed by atoms with van der Waals surface area (Å²) in [5, 5.41) is 13.2. The third kappa shape index (κ3) is 4.18. The number of carbonyl (C=O) groups excluding carboxylic acids is 1. The van der Waals surface area contributed by atoms with Gasteiger partial charge in [-0.05, 0) is 19.1 Å². The molecule has 11 heteroatoms. The Kier molecular flexibility index (Phi) is 5.03. The smallest absolute Gasteiger partial charge is 0.263 e. The minimum Gasteiger partial charge on any atom is -0.348 e. The lowest BCUT2D eigenvalue weighted by Gasteiger charge is -2.00. The summed E-state index contributed by atoms with van der Waals surface area (Å²) in [6.07, 6.45) is 0. The van der Waals surface area contributed by atoms with E-state index >= 15 is 0 Å². The van der Waals surface area contributed by atoms with Crippen LogP contribution in [0.25, 0.3) is 11.5 Å². The number of nitrogens with one attached hydrogen (secondary N) is 2. The Morgan fingerprint density at radius 2 is 2.08 bits per heavy atom. The molecule has 0 aliphatic carbocycles. The maximum Gasteiger partial charge on any atom is 0.263 e. The topological polar surface area (TPSA) is 110 Å². The Morgan fingerprint density at radius 3 is 2.76 bits per heavy atom. The van der Waals surface area contributed by atoms with E-state index < -0.39 is 17.2 Å². The lowest BCUT2D eigenvalue weighted by atomic mass is 10.2. The Labute approximate surface area is 144 Å². The maximum atomic E-state index is 13.7. The van der Waals surface area contributed by atoms with Crippen molar-refractivity contribution in [3.05, 3.63) is 41.5 Å². The lowest BCUT2D eigenvalue weighted by molar-refractivity contribution is -0.118. The Balaban J connectivity index is 1.56. The second-order valence-electron chi connectivity index (χ2n) is 4.88.